The largest absolute Gasteiger partial charge is 0.385 e. The van der Waals surface area contributed by atoms with Gasteiger partial charge in [-0.1, -0.05) is 131 Å². The van der Waals surface area contributed by atoms with E-state index in [0.29, 0.717) is 24.7 Å². The topological polar surface area (TPSA) is 74.6 Å². The number of hydrogen-bond donors (Lipinski definition) is 2. The van der Waals surface area contributed by atoms with E-state index in [-0.39, 0.29) is 22.4 Å². The van der Waals surface area contributed by atoms with Crippen molar-refractivity contribution in [3.8, 4) is 0 Å². The fraction of sp³-hybridized carbons (Fsp3) is 0.850. The summed E-state index contributed by atoms with van der Waals surface area (Å²) in [5.74, 6) is 2.81. The summed E-state index contributed by atoms with van der Waals surface area (Å²) in [5, 5.41) is 20.2. The molecular formula is C40H70O4. The van der Waals surface area contributed by atoms with Crippen LogP contribution < -0.4 is 0 Å². The summed E-state index contributed by atoms with van der Waals surface area (Å²) in [4.78, 5) is 24.6. The molecule has 0 saturated carbocycles. The Bertz CT molecular complexity index is 919. The number of Topliss-reactive ketones (excluding diaryl/α,β-unsaturated/α-hetero) is 2. The molecule has 4 nitrogen and oxygen atoms in total. The van der Waals surface area contributed by atoms with E-state index < -0.39 is 12.2 Å². The van der Waals surface area contributed by atoms with Gasteiger partial charge in [-0.05, 0) is 98.0 Å². The van der Waals surface area contributed by atoms with Crippen LogP contribution in [0.15, 0.2) is 22.3 Å². The number of ketones is 2. The van der Waals surface area contributed by atoms with E-state index in [0.717, 1.165) is 48.7 Å². The van der Waals surface area contributed by atoms with E-state index in [1.807, 2.05) is 13.8 Å². The molecule has 0 heterocycles. The molecule has 0 saturated heterocycles. The first-order valence-electron chi connectivity index (χ1n) is 18.3. The second-order valence-electron chi connectivity index (χ2n) is 16.8. The van der Waals surface area contributed by atoms with Crippen LogP contribution in [0.5, 0.6) is 0 Å². The van der Waals surface area contributed by atoms with Crippen molar-refractivity contribution in [2.45, 2.75) is 184 Å². The van der Waals surface area contributed by atoms with Gasteiger partial charge in [0, 0.05) is 0 Å². The van der Waals surface area contributed by atoms with Gasteiger partial charge in [0.15, 0.2) is 11.6 Å². The van der Waals surface area contributed by atoms with Crippen LogP contribution in [-0.4, -0.2) is 34.0 Å². The lowest BCUT2D eigenvalue weighted by molar-refractivity contribution is -0.126. The van der Waals surface area contributed by atoms with Crippen LogP contribution in [-0.2, 0) is 9.59 Å². The minimum absolute atomic E-state index is 0.0637. The summed E-state index contributed by atoms with van der Waals surface area (Å²) in [6.07, 6.45) is 16.8. The van der Waals surface area contributed by atoms with Crippen molar-refractivity contribution in [2.75, 3.05) is 0 Å². The number of unbranched alkanes of at least 4 members (excludes halogenated alkanes) is 1. The minimum atomic E-state index is -0.824. The van der Waals surface area contributed by atoms with Crippen LogP contribution in [0.25, 0.3) is 0 Å². The summed E-state index contributed by atoms with van der Waals surface area (Å²) in [5.41, 5.74) is 3.99. The molecule has 2 N–H and O–H groups in total. The second-order valence-corrected chi connectivity index (χ2v) is 16.8. The Hall–Kier alpha value is -1.26. The van der Waals surface area contributed by atoms with Gasteiger partial charge < -0.3 is 10.2 Å². The van der Waals surface area contributed by atoms with E-state index in [9.17, 15) is 19.8 Å². The molecule has 0 amide bonds. The standard InChI is InChI=1S/C40H70O4/c1-27(17-13-19-29(3)21-23-33-31(5)37(43)35(41)25-39(33,7)8)15-11-12-16-28(2)18-14-20-30(4)22-24-34-32(6)38(44)36(42)26-40(34,9)10/h27-30,35-36,41-42H,11-26H2,1-10H3/t27?,28?,29-,30?,35-,36-/m0/s1. The summed E-state index contributed by atoms with van der Waals surface area (Å²) < 4.78 is 0. The Balaban J connectivity index is 1.55. The van der Waals surface area contributed by atoms with Gasteiger partial charge >= 0.3 is 0 Å². The zero-order valence-corrected chi connectivity index (χ0v) is 30.5. The minimum Gasteiger partial charge on any atom is -0.385 e. The third-order valence-corrected chi connectivity index (χ3v) is 11.5. The predicted molar refractivity (Wildman–Crippen MR) is 186 cm³/mol. The molecule has 0 aromatic heterocycles. The Morgan fingerprint density at radius 2 is 0.818 bits per heavy atom. The van der Waals surface area contributed by atoms with Crippen LogP contribution in [0.1, 0.15) is 172 Å². The maximum atomic E-state index is 12.3. The maximum absolute atomic E-state index is 12.3. The highest BCUT2D eigenvalue weighted by atomic mass is 16.3. The SMILES string of the molecule is CC1=C(CCC(C)CCCC(C)CCCCC(C)CCC[C@H](C)CCC2=C(C)C(=O)[C@@H](O)CC2(C)C)C(C)(C)C[C@H](O)C1=O. The second kappa shape index (κ2) is 17.6. The van der Waals surface area contributed by atoms with Gasteiger partial charge in [-0.3, -0.25) is 9.59 Å². The molecule has 0 aromatic carbocycles. The normalized spacial score (nSPS) is 24.9. The Morgan fingerprint density at radius 3 is 1.14 bits per heavy atom. The number of carbonyl (C=O) groups is 2. The molecule has 254 valence electrons. The number of carbonyl (C=O) groups excluding carboxylic acids is 2. The van der Waals surface area contributed by atoms with E-state index in [4.69, 9.17) is 0 Å². The quantitative estimate of drug-likeness (QED) is 0.142. The molecule has 0 bridgehead atoms. The first-order valence-corrected chi connectivity index (χ1v) is 18.3. The van der Waals surface area contributed by atoms with Crippen molar-refractivity contribution in [3.63, 3.8) is 0 Å². The molecule has 0 radical (unpaired) electrons. The smallest absolute Gasteiger partial charge is 0.186 e. The Morgan fingerprint density at radius 1 is 0.545 bits per heavy atom. The van der Waals surface area contributed by atoms with Gasteiger partial charge in [-0.25, -0.2) is 0 Å². The molecule has 44 heavy (non-hydrogen) atoms. The van der Waals surface area contributed by atoms with E-state index in [1.165, 1.54) is 75.4 Å². The lowest BCUT2D eigenvalue weighted by atomic mass is 9.69. The van der Waals surface area contributed by atoms with Crippen molar-refractivity contribution >= 4 is 11.6 Å². The third kappa shape index (κ3) is 11.8. The monoisotopic (exact) mass is 615 g/mol. The van der Waals surface area contributed by atoms with Gasteiger partial charge in [0.1, 0.15) is 12.2 Å². The summed E-state index contributed by atoms with van der Waals surface area (Å²) >= 11 is 0. The lowest BCUT2D eigenvalue weighted by Crippen LogP contribution is -2.36. The average molecular weight is 615 g/mol. The number of rotatable bonds is 19. The summed E-state index contributed by atoms with van der Waals surface area (Å²) in [7, 11) is 0. The van der Waals surface area contributed by atoms with Crippen molar-refractivity contribution in [1.29, 1.82) is 0 Å². The molecule has 6 atom stereocenters. The number of aliphatic hydroxyl groups excluding tert-OH is 2. The van der Waals surface area contributed by atoms with Crippen molar-refractivity contribution < 1.29 is 19.8 Å². The molecule has 0 fully saturated rings. The van der Waals surface area contributed by atoms with E-state index in [2.05, 4.69) is 55.4 Å². The molecule has 4 heteroatoms. The zero-order valence-electron chi connectivity index (χ0n) is 30.5. The predicted octanol–water partition coefficient (Wildman–Crippen LogP) is 10.3. The third-order valence-electron chi connectivity index (χ3n) is 11.5. The fourth-order valence-electron chi connectivity index (χ4n) is 8.24. The van der Waals surface area contributed by atoms with Gasteiger partial charge in [-0.2, -0.15) is 0 Å². The molecule has 0 aliphatic heterocycles. The molecule has 2 aliphatic rings. The van der Waals surface area contributed by atoms with Crippen LogP contribution in [0.2, 0.25) is 0 Å². The molecule has 0 aromatic rings. The van der Waals surface area contributed by atoms with Gasteiger partial charge in [0.2, 0.25) is 0 Å². The first kappa shape index (κ1) is 38.9. The van der Waals surface area contributed by atoms with Crippen molar-refractivity contribution in [3.05, 3.63) is 22.3 Å². The molecule has 0 spiro atoms. The molecular weight excluding hydrogens is 544 g/mol. The van der Waals surface area contributed by atoms with Crippen molar-refractivity contribution in [2.24, 2.45) is 34.5 Å². The maximum Gasteiger partial charge on any atom is 0.186 e. The lowest BCUT2D eigenvalue weighted by Gasteiger charge is -2.36. The Kier molecular flexibility index (Phi) is 15.6. The highest BCUT2D eigenvalue weighted by Crippen LogP contribution is 2.43. The highest BCUT2D eigenvalue weighted by Gasteiger charge is 2.38. The first-order chi connectivity index (χ1) is 20.5. The highest BCUT2D eigenvalue weighted by molar-refractivity contribution is 6.00. The van der Waals surface area contributed by atoms with Crippen LogP contribution in [0.4, 0.5) is 0 Å². The summed E-state index contributed by atoms with van der Waals surface area (Å²) in [6, 6.07) is 0. The molecule has 2 aliphatic carbocycles. The number of allylic oxidation sites excluding steroid dienone is 2. The van der Waals surface area contributed by atoms with E-state index >= 15 is 0 Å². The van der Waals surface area contributed by atoms with Crippen molar-refractivity contribution in [1.82, 2.24) is 0 Å². The molecule has 3 unspecified atom stereocenters. The fourth-order valence-corrected chi connectivity index (χ4v) is 8.24. The average Bonchev–Trinajstić information content (AvgIpc) is 2.92. The van der Waals surface area contributed by atoms with Crippen LogP contribution in [0.3, 0.4) is 0 Å². The zero-order chi connectivity index (χ0) is 33.2. The number of aliphatic hydroxyl groups is 2. The summed E-state index contributed by atoms with van der Waals surface area (Å²) in [6.45, 7) is 22.1. The number of hydrogen-bond acceptors (Lipinski definition) is 4. The van der Waals surface area contributed by atoms with Gasteiger partial charge in [0.05, 0.1) is 0 Å². The van der Waals surface area contributed by atoms with Gasteiger partial charge in [-0.15, -0.1) is 0 Å². The van der Waals surface area contributed by atoms with Gasteiger partial charge in [0.25, 0.3) is 0 Å². The molecule has 2 rings (SSSR count). The van der Waals surface area contributed by atoms with E-state index in [1.54, 1.807) is 0 Å². The van der Waals surface area contributed by atoms with Crippen LogP contribution in [0, 0.1) is 34.5 Å². The van der Waals surface area contributed by atoms with Crippen LogP contribution >= 0.6 is 0 Å². The Labute approximate surface area is 271 Å².